The molecule has 4 nitrogen and oxygen atoms in total. The third kappa shape index (κ3) is 8.60. The zero-order valence-corrected chi connectivity index (χ0v) is 14.9. The first-order chi connectivity index (χ1) is 11.2. The van der Waals surface area contributed by atoms with Crippen LogP contribution in [0.2, 0.25) is 0 Å². The van der Waals surface area contributed by atoms with E-state index in [0.717, 1.165) is 37.6 Å². The molecule has 0 atom stereocenters. The number of nitrogens with one attached hydrogen (secondary N) is 1. The fourth-order valence-corrected chi connectivity index (χ4v) is 2.41. The highest BCUT2D eigenvalue weighted by Gasteiger charge is 2.07. The van der Waals surface area contributed by atoms with Crippen molar-refractivity contribution in [1.82, 2.24) is 4.90 Å². The van der Waals surface area contributed by atoms with Crippen molar-refractivity contribution in [3.63, 3.8) is 0 Å². The molecule has 4 heteroatoms. The van der Waals surface area contributed by atoms with Crippen LogP contribution in [0.4, 0.5) is 5.69 Å². The second-order valence-electron chi connectivity index (χ2n) is 5.80. The average Bonchev–Trinajstić information content (AvgIpc) is 2.56. The van der Waals surface area contributed by atoms with Gasteiger partial charge in [-0.25, -0.2) is 0 Å². The molecular weight excluding hydrogens is 288 g/mol. The van der Waals surface area contributed by atoms with Gasteiger partial charge in [0.05, 0.1) is 13.2 Å². The third-order valence-corrected chi connectivity index (χ3v) is 3.90. The number of carbonyl (C=O) groups is 1. The third-order valence-electron chi connectivity index (χ3n) is 3.90. The standard InChI is InChI=1S/C19H32N2O2/c1-4-7-8-9-10-14-23-18-13-11-12-17(15-18)20-19(22)16-21(5-2)6-3/h11-13,15H,4-10,14,16H2,1-3H3,(H,20,22). The topological polar surface area (TPSA) is 41.6 Å². The van der Waals surface area contributed by atoms with Crippen LogP contribution in [0.15, 0.2) is 24.3 Å². The summed E-state index contributed by atoms with van der Waals surface area (Å²) >= 11 is 0. The van der Waals surface area contributed by atoms with E-state index >= 15 is 0 Å². The van der Waals surface area contributed by atoms with Gasteiger partial charge in [-0.15, -0.1) is 0 Å². The Labute approximate surface area is 141 Å². The summed E-state index contributed by atoms with van der Waals surface area (Å²) in [6.07, 6.45) is 6.14. The maximum absolute atomic E-state index is 12.0. The van der Waals surface area contributed by atoms with E-state index < -0.39 is 0 Å². The van der Waals surface area contributed by atoms with Crippen molar-refractivity contribution in [1.29, 1.82) is 0 Å². The molecule has 0 fully saturated rings. The van der Waals surface area contributed by atoms with Crippen molar-refractivity contribution in [2.24, 2.45) is 0 Å². The SMILES string of the molecule is CCCCCCCOc1cccc(NC(=O)CN(CC)CC)c1. The first-order valence-corrected chi connectivity index (χ1v) is 8.94. The Hall–Kier alpha value is -1.55. The van der Waals surface area contributed by atoms with Gasteiger partial charge in [-0.05, 0) is 31.6 Å². The Morgan fingerprint density at radius 1 is 1.09 bits per heavy atom. The highest BCUT2D eigenvalue weighted by Crippen LogP contribution is 2.18. The summed E-state index contributed by atoms with van der Waals surface area (Å²) in [5, 5.41) is 2.94. The maximum Gasteiger partial charge on any atom is 0.238 e. The van der Waals surface area contributed by atoms with Gasteiger partial charge >= 0.3 is 0 Å². The van der Waals surface area contributed by atoms with Crippen molar-refractivity contribution in [2.75, 3.05) is 31.6 Å². The summed E-state index contributed by atoms with van der Waals surface area (Å²) in [5.41, 5.74) is 0.797. The van der Waals surface area contributed by atoms with Gasteiger partial charge in [-0.1, -0.05) is 52.5 Å². The minimum atomic E-state index is 0.0189. The lowest BCUT2D eigenvalue weighted by molar-refractivity contribution is -0.117. The van der Waals surface area contributed by atoms with E-state index in [1.165, 1.54) is 25.7 Å². The van der Waals surface area contributed by atoms with Crippen molar-refractivity contribution < 1.29 is 9.53 Å². The Bertz CT molecular complexity index is 445. The summed E-state index contributed by atoms with van der Waals surface area (Å²) in [4.78, 5) is 14.1. The fraction of sp³-hybridized carbons (Fsp3) is 0.632. The molecule has 1 N–H and O–H groups in total. The van der Waals surface area contributed by atoms with Crippen LogP contribution >= 0.6 is 0 Å². The number of likely N-dealkylation sites (N-methyl/N-ethyl adjacent to an activating group) is 1. The first-order valence-electron chi connectivity index (χ1n) is 8.94. The van der Waals surface area contributed by atoms with Gasteiger partial charge in [0.15, 0.2) is 0 Å². The molecule has 1 amide bonds. The second-order valence-corrected chi connectivity index (χ2v) is 5.80. The molecule has 0 aromatic heterocycles. The molecule has 0 aliphatic heterocycles. The summed E-state index contributed by atoms with van der Waals surface area (Å²) in [7, 11) is 0. The Kier molecular flexibility index (Phi) is 10.1. The van der Waals surface area contributed by atoms with Crippen LogP contribution in [0.1, 0.15) is 52.9 Å². The van der Waals surface area contributed by atoms with Gasteiger partial charge in [-0.2, -0.15) is 0 Å². The van der Waals surface area contributed by atoms with Gasteiger partial charge in [0.1, 0.15) is 5.75 Å². The van der Waals surface area contributed by atoms with E-state index in [1.807, 2.05) is 24.3 Å². The van der Waals surface area contributed by atoms with E-state index in [-0.39, 0.29) is 5.91 Å². The molecule has 130 valence electrons. The number of carbonyl (C=O) groups excluding carboxylic acids is 1. The van der Waals surface area contributed by atoms with Crippen LogP contribution in [0, 0.1) is 0 Å². The van der Waals surface area contributed by atoms with Crippen molar-refractivity contribution in [3.8, 4) is 5.75 Å². The van der Waals surface area contributed by atoms with E-state index in [4.69, 9.17) is 4.74 Å². The van der Waals surface area contributed by atoms with Crippen LogP contribution in [-0.2, 0) is 4.79 Å². The van der Waals surface area contributed by atoms with Crippen LogP contribution < -0.4 is 10.1 Å². The lowest BCUT2D eigenvalue weighted by atomic mass is 10.2. The number of unbranched alkanes of at least 4 members (excludes halogenated alkanes) is 4. The summed E-state index contributed by atoms with van der Waals surface area (Å²) in [6, 6.07) is 7.64. The van der Waals surface area contributed by atoms with Gasteiger partial charge in [0.2, 0.25) is 5.91 Å². The van der Waals surface area contributed by atoms with E-state index in [1.54, 1.807) is 0 Å². The molecule has 1 rings (SSSR count). The largest absolute Gasteiger partial charge is 0.494 e. The highest BCUT2D eigenvalue weighted by molar-refractivity contribution is 5.92. The molecule has 0 saturated heterocycles. The smallest absolute Gasteiger partial charge is 0.238 e. The molecule has 1 aromatic rings. The second kappa shape index (κ2) is 11.9. The number of anilines is 1. The number of rotatable bonds is 12. The molecule has 0 aliphatic rings. The molecule has 23 heavy (non-hydrogen) atoms. The monoisotopic (exact) mass is 320 g/mol. The summed E-state index contributed by atoms with van der Waals surface area (Å²) < 4.78 is 5.77. The number of amides is 1. The molecule has 0 bridgehead atoms. The van der Waals surface area contributed by atoms with Gasteiger partial charge in [0.25, 0.3) is 0 Å². The van der Waals surface area contributed by atoms with Gasteiger partial charge < -0.3 is 10.1 Å². The predicted octanol–water partition coefficient (Wildman–Crippen LogP) is 4.32. The molecule has 0 saturated carbocycles. The van der Waals surface area contributed by atoms with Gasteiger partial charge in [0, 0.05) is 11.8 Å². The van der Waals surface area contributed by atoms with Crippen LogP contribution in [0.5, 0.6) is 5.75 Å². The molecule has 0 heterocycles. The highest BCUT2D eigenvalue weighted by atomic mass is 16.5. The lowest BCUT2D eigenvalue weighted by Crippen LogP contribution is -2.32. The minimum Gasteiger partial charge on any atom is -0.494 e. The maximum atomic E-state index is 12.0. The first kappa shape index (κ1) is 19.5. The summed E-state index contributed by atoms with van der Waals surface area (Å²) in [5.74, 6) is 0.839. The molecular formula is C19H32N2O2. The van der Waals surface area contributed by atoms with Crippen molar-refractivity contribution in [2.45, 2.75) is 52.9 Å². The molecule has 1 aromatic carbocycles. The van der Waals surface area contributed by atoms with Crippen LogP contribution in [0.3, 0.4) is 0 Å². The average molecular weight is 320 g/mol. The lowest BCUT2D eigenvalue weighted by Gasteiger charge is -2.17. The quantitative estimate of drug-likeness (QED) is 0.583. The normalized spacial score (nSPS) is 10.8. The van der Waals surface area contributed by atoms with Crippen molar-refractivity contribution >= 4 is 11.6 Å². The summed E-state index contributed by atoms with van der Waals surface area (Å²) in [6.45, 7) is 9.26. The molecule has 0 unspecified atom stereocenters. The van der Waals surface area contributed by atoms with Crippen molar-refractivity contribution in [3.05, 3.63) is 24.3 Å². The predicted molar refractivity (Wildman–Crippen MR) is 97.1 cm³/mol. The molecule has 0 radical (unpaired) electrons. The van der Waals surface area contributed by atoms with Crippen LogP contribution in [0.25, 0.3) is 0 Å². The zero-order valence-electron chi connectivity index (χ0n) is 14.9. The van der Waals surface area contributed by atoms with E-state index in [2.05, 4.69) is 31.0 Å². The van der Waals surface area contributed by atoms with E-state index in [9.17, 15) is 4.79 Å². The Morgan fingerprint density at radius 3 is 2.52 bits per heavy atom. The Balaban J connectivity index is 2.36. The zero-order chi connectivity index (χ0) is 16.9. The van der Waals surface area contributed by atoms with E-state index in [0.29, 0.717) is 6.54 Å². The number of nitrogens with zero attached hydrogens (tertiary/aromatic N) is 1. The Morgan fingerprint density at radius 2 is 1.83 bits per heavy atom. The fourth-order valence-electron chi connectivity index (χ4n) is 2.41. The molecule has 0 spiro atoms. The number of hydrogen-bond donors (Lipinski definition) is 1. The van der Waals surface area contributed by atoms with Crippen LogP contribution in [-0.4, -0.2) is 37.0 Å². The minimum absolute atomic E-state index is 0.0189. The number of benzene rings is 1. The molecule has 0 aliphatic carbocycles. The number of ether oxygens (including phenoxy) is 1. The van der Waals surface area contributed by atoms with Gasteiger partial charge in [-0.3, -0.25) is 9.69 Å². The number of hydrogen-bond acceptors (Lipinski definition) is 3.